The Morgan fingerprint density at radius 3 is 2.40 bits per heavy atom. The quantitative estimate of drug-likeness (QED) is 0.625. The van der Waals surface area contributed by atoms with Crippen LogP contribution in [0.1, 0.15) is 32.6 Å². The lowest BCUT2D eigenvalue weighted by atomic mass is 9.96. The first-order chi connectivity index (χ1) is 4.72. The second kappa shape index (κ2) is 3.15. The molecule has 1 rings (SSSR count). The van der Waals surface area contributed by atoms with Crippen LogP contribution in [0.25, 0.3) is 0 Å². The van der Waals surface area contributed by atoms with E-state index in [2.05, 4.69) is 0 Å². The lowest BCUT2D eigenvalue weighted by molar-refractivity contribution is -0.119. The average molecular weight is 141 g/mol. The number of carbonyl (C=O) groups is 1. The monoisotopic (exact) mass is 141 g/mol. The molecule has 0 aromatic rings. The van der Waals surface area contributed by atoms with Crippen molar-refractivity contribution in [3.63, 3.8) is 0 Å². The van der Waals surface area contributed by atoms with Gasteiger partial charge in [-0.15, -0.1) is 0 Å². The Labute approximate surface area is 61.8 Å². The maximum absolute atomic E-state index is 10.8. The smallest absolute Gasteiger partial charge is 0.146 e. The molecular formula is C8H15NO. The molecule has 1 atom stereocenters. The average Bonchev–Trinajstić information content (AvgIpc) is 2.36. The van der Waals surface area contributed by atoms with E-state index >= 15 is 0 Å². The first-order valence-corrected chi connectivity index (χ1v) is 3.98. The molecule has 0 radical (unpaired) electrons. The minimum Gasteiger partial charge on any atom is -0.321 e. The van der Waals surface area contributed by atoms with Crippen molar-refractivity contribution < 1.29 is 4.79 Å². The standard InChI is InChI=1S/C8H15NO/c1-6(10)8(9)7-4-2-3-5-7/h7-8H,2-5,9H2,1H3. The number of ketones is 1. The SMILES string of the molecule is CC(=O)C(N)C1CCCC1. The molecule has 0 spiro atoms. The number of rotatable bonds is 2. The van der Waals surface area contributed by atoms with Crippen LogP contribution in [0.4, 0.5) is 0 Å². The fourth-order valence-electron chi connectivity index (χ4n) is 1.65. The van der Waals surface area contributed by atoms with E-state index in [1.54, 1.807) is 6.92 Å². The molecule has 1 aliphatic carbocycles. The molecule has 0 aromatic heterocycles. The molecule has 2 nitrogen and oxygen atoms in total. The molecule has 0 aromatic carbocycles. The molecule has 2 heteroatoms. The van der Waals surface area contributed by atoms with Gasteiger partial charge in [0, 0.05) is 0 Å². The third-order valence-corrected chi connectivity index (χ3v) is 2.38. The Balaban J connectivity index is 2.39. The molecule has 1 unspecified atom stereocenters. The van der Waals surface area contributed by atoms with Gasteiger partial charge in [0.15, 0.2) is 0 Å². The van der Waals surface area contributed by atoms with Gasteiger partial charge in [-0.05, 0) is 25.7 Å². The van der Waals surface area contributed by atoms with Gasteiger partial charge in [0.05, 0.1) is 6.04 Å². The second-order valence-electron chi connectivity index (χ2n) is 3.18. The Bertz CT molecular complexity index is 127. The van der Waals surface area contributed by atoms with Crippen LogP contribution in [-0.4, -0.2) is 11.8 Å². The first kappa shape index (κ1) is 7.73. The van der Waals surface area contributed by atoms with E-state index in [0.717, 1.165) is 12.8 Å². The van der Waals surface area contributed by atoms with Crippen LogP contribution in [0, 0.1) is 5.92 Å². The highest BCUT2D eigenvalue weighted by Gasteiger charge is 2.24. The van der Waals surface area contributed by atoms with E-state index in [1.165, 1.54) is 12.8 Å². The van der Waals surface area contributed by atoms with Crippen molar-refractivity contribution >= 4 is 5.78 Å². The van der Waals surface area contributed by atoms with E-state index in [-0.39, 0.29) is 11.8 Å². The van der Waals surface area contributed by atoms with Crippen LogP contribution < -0.4 is 5.73 Å². The van der Waals surface area contributed by atoms with Crippen LogP contribution in [0.2, 0.25) is 0 Å². The minimum atomic E-state index is -0.178. The maximum atomic E-state index is 10.8. The zero-order chi connectivity index (χ0) is 7.56. The summed E-state index contributed by atoms with van der Waals surface area (Å²) in [4.78, 5) is 10.8. The van der Waals surface area contributed by atoms with Gasteiger partial charge in [-0.2, -0.15) is 0 Å². The molecule has 0 heterocycles. The predicted molar refractivity (Wildman–Crippen MR) is 40.6 cm³/mol. The van der Waals surface area contributed by atoms with Crippen LogP contribution in [0.3, 0.4) is 0 Å². The van der Waals surface area contributed by atoms with E-state index in [0.29, 0.717) is 5.92 Å². The van der Waals surface area contributed by atoms with E-state index in [4.69, 9.17) is 5.73 Å². The van der Waals surface area contributed by atoms with Crippen molar-refractivity contribution in [2.75, 3.05) is 0 Å². The Kier molecular flexibility index (Phi) is 2.44. The summed E-state index contributed by atoms with van der Waals surface area (Å²) in [6, 6.07) is -0.178. The normalized spacial score (nSPS) is 23.0. The molecule has 0 bridgehead atoms. The zero-order valence-corrected chi connectivity index (χ0v) is 6.47. The lowest BCUT2D eigenvalue weighted by Gasteiger charge is -2.14. The number of Topliss-reactive ketones (excluding diaryl/α,β-unsaturated/α-hetero) is 1. The fourth-order valence-corrected chi connectivity index (χ4v) is 1.65. The van der Waals surface area contributed by atoms with Gasteiger partial charge in [-0.1, -0.05) is 12.8 Å². The summed E-state index contributed by atoms with van der Waals surface area (Å²) in [5, 5.41) is 0. The van der Waals surface area contributed by atoms with E-state index < -0.39 is 0 Å². The summed E-state index contributed by atoms with van der Waals surface area (Å²) in [6.07, 6.45) is 4.82. The van der Waals surface area contributed by atoms with Gasteiger partial charge in [0.2, 0.25) is 0 Å². The highest BCUT2D eigenvalue weighted by Crippen LogP contribution is 2.26. The lowest BCUT2D eigenvalue weighted by Crippen LogP contribution is -2.35. The molecule has 0 amide bonds. The summed E-state index contributed by atoms with van der Waals surface area (Å²) >= 11 is 0. The van der Waals surface area contributed by atoms with Gasteiger partial charge in [-0.3, -0.25) is 4.79 Å². The van der Waals surface area contributed by atoms with Crippen LogP contribution in [0.5, 0.6) is 0 Å². The van der Waals surface area contributed by atoms with Crippen LogP contribution >= 0.6 is 0 Å². The number of carbonyl (C=O) groups excluding carboxylic acids is 1. The van der Waals surface area contributed by atoms with E-state index in [1.807, 2.05) is 0 Å². The topological polar surface area (TPSA) is 43.1 Å². The highest BCUT2D eigenvalue weighted by atomic mass is 16.1. The molecule has 1 aliphatic rings. The third kappa shape index (κ3) is 1.57. The molecular weight excluding hydrogens is 126 g/mol. The molecule has 0 saturated heterocycles. The van der Waals surface area contributed by atoms with Crippen LogP contribution in [0.15, 0.2) is 0 Å². The molecule has 10 heavy (non-hydrogen) atoms. The number of hydrogen-bond acceptors (Lipinski definition) is 2. The van der Waals surface area contributed by atoms with Crippen molar-refractivity contribution in [2.24, 2.45) is 11.7 Å². The van der Waals surface area contributed by atoms with Gasteiger partial charge in [-0.25, -0.2) is 0 Å². The molecule has 58 valence electrons. The van der Waals surface area contributed by atoms with Crippen molar-refractivity contribution in [1.29, 1.82) is 0 Å². The largest absolute Gasteiger partial charge is 0.321 e. The summed E-state index contributed by atoms with van der Waals surface area (Å²) in [6.45, 7) is 1.59. The Morgan fingerprint density at radius 1 is 1.50 bits per heavy atom. The maximum Gasteiger partial charge on any atom is 0.146 e. The number of hydrogen-bond donors (Lipinski definition) is 1. The van der Waals surface area contributed by atoms with Crippen molar-refractivity contribution in [1.82, 2.24) is 0 Å². The van der Waals surface area contributed by atoms with Gasteiger partial charge in [0.1, 0.15) is 5.78 Å². The predicted octanol–water partition coefficient (Wildman–Crippen LogP) is 1.09. The fraction of sp³-hybridized carbons (Fsp3) is 0.875. The summed E-state index contributed by atoms with van der Waals surface area (Å²) in [5.41, 5.74) is 5.67. The third-order valence-electron chi connectivity index (χ3n) is 2.38. The summed E-state index contributed by atoms with van der Waals surface area (Å²) in [5.74, 6) is 0.629. The van der Waals surface area contributed by atoms with Crippen LogP contribution in [-0.2, 0) is 4.79 Å². The zero-order valence-electron chi connectivity index (χ0n) is 6.47. The van der Waals surface area contributed by atoms with Crippen molar-refractivity contribution in [3.8, 4) is 0 Å². The Morgan fingerprint density at radius 2 is 2.00 bits per heavy atom. The van der Waals surface area contributed by atoms with E-state index in [9.17, 15) is 4.79 Å². The molecule has 0 aliphatic heterocycles. The Hall–Kier alpha value is -0.370. The summed E-state index contributed by atoms with van der Waals surface area (Å²) in [7, 11) is 0. The first-order valence-electron chi connectivity index (χ1n) is 3.98. The second-order valence-corrected chi connectivity index (χ2v) is 3.18. The van der Waals surface area contributed by atoms with Crippen molar-refractivity contribution in [3.05, 3.63) is 0 Å². The van der Waals surface area contributed by atoms with Crippen molar-refractivity contribution in [2.45, 2.75) is 38.6 Å². The molecule has 2 N–H and O–H groups in total. The highest BCUT2D eigenvalue weighted by molar-refractivity contribution is 5.81. The molecule has 1 saturated carbocycles. The molecule has 1 fully saturated rings. The van der Waals surface area contributed by atoms with Gasteiger partial charge in [0.25, 0.3) is 0 Å². The minimum absolute atomic E-state index is 0.145. The summed E-state index contributed by atoms with van der Waals surface area (Å²) < 4.78 is 0. The van der Waals surface area contributed by atoms with Gasteiger partial charge < -0.3 is 5.73 Å². The number of nitrogens with two attached hydrogens (primary N) is 1. The van der Waals surface area contributed by atoms with Gasteiger partial charge >= 0.3 is 0 Å².